The summed E-state index contributed by atoms with van der Waals surface area (Å²) in [4.78, 5) is 4.38. The number of alkyl halides is 2. The van der Waals surface area contributed by atoms with Crippen molar-refractivity contribution in [3.63, 3.8) is 0 Å². The van der Waals surface area contributed by atoms with Gasteiger partial charge in [-0.3, -0.25) is 0 Å². The van der Waals surface area contributed by atoms with E-state index < -0.39 is 13.0 Å². The van der Waals surface area contributed by atoms with Crippen LogP contribution in [0, 0.1) is 0 Å². The molecule has 0 radical (unpaired) electrons. The van der Waals surface area contributed by atoms with Gasteiger partial charge in [0.25, 0.3) is 6.43 Å². The molecule has 0 aliphatic rings. The van der Waals surface area contributed by atoms with Crippen LogP contribution in [0.25, 0.3) is 10.2 Å². The van der Waals surface area contributed by atoms with E-state index in [0.29, 0.717) is 6.54 Å². The van der Waals surface area contributed by atoms with E-state index in [4.69, 9.17) is 4.74 Å². The van der Waals surface area contributed by atoms with Crippen LogP contribution in [0.2, 0.25) is 0 Å². The fourth-order valence-corrected chi connectivity index (χ4v) is 2.60. The van der Waals surface area contributed by atoms with Crippen LogP contribution >= 0.6 is 27.3 Å². The number of nitrogens with one attached hydrogen (secondary N) is 1. The molecule has 3 nitrogen and oxygen atoms in total. The summed E-state index contributed by atoms with van der Waals surface area (Å²) in [6.07, 6.45) is -2.41. The van der Waals surface area contributed by atoms with Crippen molar-refractivity contribution in [3.8, 4) is 0 Å². The Morgan fingerprint density at radius 1 is 1.44 bits per heavy atom. The van der Waals surface area contributed by atoms with Gasteiger partial charge in [0.1, 0.15) is 6.61 Å². The predicted molar refractivity (Wildman–Crippen MR) is 72.6 cm³/mol. The maximum absolute atomic E-state index is 11.8. The van der Waals surface area contributed by atoms with E-state index in [9.17, 15) is 8.78 Å². The molecule has 18 heavy (non-hydrogen) atoms. The summed E-state index contributed by atoms with van der Waals surface area (Å²) in [5.74, 6) is 0. The number of benzene rings is 1. The summed E-state index contributed by atoms with van der Waals surface area (Å²) in [7, 11) is 0. The predicted octanol–water partition coefficient (Wildman–Crippen LogP) is 3.75. The van der Waals surface area contributed by atoms with Gasteiger partial charge in [-0.15, -0.1) is 0 Å². The largest absolute Gasteiger partial charge is 0.374 e. The topological polar surface area (TPSA) is 34.1 Å². The van der Waals surface area contributed by atoms with E-state index in [1.165, 1.54) is 11.3 Å². The van der Waals surface area contributed by atoms with Gasteiger partial charge >= 0.3 is 0 Å². The second-order valence-corrected chi connectivity index (χ2v) is 5.47. The van der Waals surface area contributed by atoms with Gasteiger partial charge in [0, 0.05) is 11.0 Å². The molecular formula is C11H11BrF2N2OS. The molecule has 0 aliphatic heterocycles. The molecule has 0 saturated heterocycles. The molecule has 1 aromatic carbocycles. The molecule has 98 valence electrons. The van der Waals surface area contributed by atoms with Crippen LogP contribution in [-0.4, -0.2) is 31.2 Å². The van der Waals surface area contributed by atoms with Crippen molar-refractivity contribution in [2.45, 2.75) is 6.43 Å². The van der Waals surface area contributed by atoms with E-state index in [1.807, 2.05) is 18.2 Å². The normalized spacial score (nSPS) is 11.3. The van der Waals surface area contributed by atoms with Crippen LogP contribution in [0.5, 0.6) is 0 Å². The van der Waals surface area contributed by atoms with Crippen molar-refractivity contribution in [2.75, 3.05) is 25.1 Å². The first kappa shape index (κ1) is 13.6. The lowest BCUT2D eigenvalue weighted by atomic mass is 10.3. The van der Waals surface area contributed by atoms with Crippen molar-refractivity contribution in [3.05, 3.63) is 22.7 Å². The van der Waals surface area contributed by atoms with Crippen LogP contribution in [-0.2, 0) is 4.74 Å². The molecule has 0 amide bonds. The molecule has 0 atom stereocenters. The van der Waals surface area contributed by atoms with Gasteiger partial charge < -0.3 is 10.1 Å². The molecule has 0 aliphatic carbocycles. The SMILES string of the molecule is FC(F)COCCNc1nc2cc(Br)ccc2s1. The van der Waals surface area contributed by atoms with Gasteiger partial charge in [0.2, 0.25) is 0 Å². The Kier molecular flexibility index (Phi) is 4.85. The van der Waals surface area contributed by atoms with Crippen molar-refractivity contribution in [1.82, 2.24) is 4.98 Å². The average Bonchev–Trinajstić information content (AvgIpc) is 2.70. The Bertz CT molecular complexity index is 521. The molecule has 7 heteroatoms. The van der Waals surface area contributed by atoms with Crippen molar-refractivity contribution in [1.29, 1.82) is 0 Å². The number of thiazole rings is 1. The third-order valence-electron chi connectivity index (χ3n) is 2.12. The highest BCUT2D eigenvalue weighted by Crippen LogP contribution is 2.27. The van der Waals surface area contributed by atoms with Crippen molar-refractivity contribution in [2.24, 2.45) is 0 Å². The zero-order valence-electron chi connectivity index (χ0n) is 9.33. The van der Waals surface area contributed by atoms with E-state index in [1.54, 1.807) is 0 Å². The lowest BCUT2D eigenvalue weighted by Crippen LogP contribution is -2.12. The second-order valence-electron chi connectivity index (χ2n) is 3.52. The Morgan fingerprint density at radius 2 is 2.28 bits per heavy atom. The van der Waals surface area contributed by atoms with Gasteiger partial charge in [-0.25, -0.2) is 13.8 Å². The number of aromatic nitrogens is 1. The Morgan fingerprint density at radius 3 is 3.06 bits per heavy atom. The lowest BCUT2D eigenvalue weighted by molar-refractivity contribution is 0.0215. The smallest absolute Gasteiger partial charge is 0.261 e. The molecule has 0 unspecified atom stereocenters. The minimum Gasteiger partial charge on any atom is -0.374 e. The number of halogens is 3. The van der Waals surface area contributed by atoms with E-state index in [0.717, 1.165) is 19.8 Å². The van der Waals surface area contributed by atoms with Crippen LogP contribution in [0.4, 0.5) is 13.9 Å². The van der Waals surface area contributed by atoms with Crippen LogP contribution in [0.15, 0.2) is 22.7 Å². The highest BCUT2D eigenvalue weighted by atomic mass is 79.9. The maximum atomic E-state index is 11.8. The summed E-state index contributed by atoms with van der Waals surface area (Å²) in [5.41, 5.74) is 0.908. The van der Waals surface area contributed by atoms with Crippen molar-refractivity contribution >= 4 is 42.6 Å². The Labute approximate surface area is 115 Å². The first-order chi connectivity index (χ1) is 8.65. The zero-order chi connectivity index (χ0) is 13.0. The Balaban J connectivity index is 1.84. The number of hydrogen-bond donors (Lipinski definition) is 1. The summed E-state index contributed by atoms with van der Waals surface area (Å²) >= 11 is 4.91. The number of fused-ring (bicyclic) bond motifs is 1. The van der Waals surface area contributed by atoms with Gasteiger partial charge in [0.15, 0.2) is 5.13 Å². The highest BCUT2D eigenvalue weighted by Gasteiger charge is 2.04. The van der Waals surface area contributed by atoms with Crippen molar-refractivity contribution < 1.29 is 13.5 Å². The van der Waals surface area contributed by atoms with E-state index >= 15 is 0 Å². The average molecular weight is 337 g/mol. The molecule has 1 heterocycles. The fraction of sp³-hybridized carbons (Fsp3) is 0.364. The molecule has 2 rings (SSSR count). The summed E-state index contributed by atoms with van der Waals surface area (Å²) in [5, 5.41) is 3.82. The number of ether oxygens (including phenoxy) is 1. The first-order valence-corrected chi connectivity index (χ1v) is 6.92. The molecule has 2 aromatic rings. The Hall–Kier alpha value is -0.790. The summed E-state index contributed by atoms with van der Waals surface area (Å²) in [6.45, 7) is 0.187. The second kappa shape index (κ2) is 6.40. The lowest BCUT2D eigenvalue weighted by Gasteiger charge is -2.03. The third kappa shape index (κ3) is 3.86. The molecule has 0 spiro atoms. The highest BCUT2D eigenvalue weighted by molar-refractivity contribution is 9.10. The van der Waals surface area contributed by atoms with E-state index in [2.05, 4.69) is 26.2 Å². The molecule has 0 bridgehead atoms. The molecular weight excluding hydrogens is 326 g/mol. The molecule has 0 fully saturated rings. The van der Waals surface area contributed by atoms with Crippen LogP contribution in [0.3, 0.4) is 0 Å². The van der Waals surface area contributed by atoms with Gasteiger partial charge in [-0.2, -0.15) is 0 Å². The quantitative estimate of drug-likeness (QED) is 0.815. The van der Waals surface area contributed by atoms with E-state index in [-0.39, 0.29) is 6.61 Å². The number of anilines is 1. The number of rotatable bonds is 6. The van der Waals surface area contributed by atoms with Gasteiger partial charge in [-0.1, -0.05) is 27.3 Å². The van der Waals surface area contributed by atoms with Gasteiger partial charge in [-0.05, 0) is 18.2 Å². The number of nitrogens with zero attached hydrogens (tertiary/aromatic N) is 1. The first-order valence-electron chi connectivity index (χ1n) is 5.31. The molecule has 0 saturated carbocycles. The standard InChI is InChI=1S/C11H11BrF2N2OS/c12-7-1-2-9-8(5-7)16-11(18-9)15-3-4-17-6-10(13)14/h1-2,5,10H,3-4,6H2,(H,15,16). The van der Waals surface area contributed by atoms with Gasteiger partial charge in [0.05, 0.1) is 16.8 Å². The number of hydrogen-bond acceptors (Lipinski definition) is 4. The monoisotopic (exact) mass is 336 g/mol. The molecule has 1 N–H and O–H groups in total. The zero-order valence-corrected chi connectivity index (χ0v) is 11.7. The van der Waals surface area contributed by atoms with Crippen LogP contribution in [0.1, 0.15) is 0 Å². The fourth-order valence-electron chi connectivity index (χ4n) is 1.38. The summed E-state index contributed by atoms with van der Waals surface area (Å²) in [6, 6.07) is 5.87. The molecule has 1 aromatic heterocycles. The summed E-state index contributed by atoms with van der Waals surface area (Å²) < 4.78 is 30.4. The van der Waals surface area contributed by atoms with Crippen LogP contribution < -0.4 is 5.32 Å². The third-order valence-corrected chi connectivity index (χ3v) is 3.60. The maximum Gasteiger partial charge on any atom is 0.261 e. The minimum atomic E-state index is -2.41. The minimum absolute atomic E-state index is 0.240.